The van der Waals surface area contributed by atoms with Crippen molar-refractivity contribution in [3.05, 3.63) is 60.9 Å². The molecule has 26 heavy (non-hydrogen) atoms. The number of amides is 1. The standard InChI is InChI=1S/C18H15N5O2S/c19-23-17(15-9-4-10-25-15)21-22-18(23)26-11-16(24)20-14-8-3-6-12-5-1-2-7-13(12)14/h1-10H,11,19H2,(H,20,24). The van der Waals surface area contributed by atoms with Gasteiger partial charge in [0.15, 0.2) is 5.76 Å². The lowest BCUT2D eigenvalue weighted by atomic mass is 10.1. The van der Waals surface area contributed by atoms with Gasteiger partial charge in [0.05, 0.1) is 12.0 Å². The minimum absolute atomic E-state index is 0.145. The molecule has 3 N–H and O–H groups in total. The van der Waals surface area contributed by atoms with Crippen molar-refractivity contribution in [3.8, 4) is 11.6 Å². The van der Waals surface area contributed by atoms with E-state index in [1.165, 1.54) is 22.7 Å². The highest BCUT2D eigenvalue weighted by atomic mass is 32.2. The number of furan rings is 1. The van der Waals surface area contributed by atoms with E-state index in [9.17, 15) is 4.79 Å². The van der Waals surface area contributed by atoms with Crippen LogP contribution in [0.25, 0.3) is 22.4 Å². The van der Waals surface area contributed by atoms with E-state index in [2.05, 4.69) is 15.5 Å². The van der Waals surface area contributed by atoms with Crippen LogP contribution in [0.4, 0.5) is 5.69 Å². The number of benzene rings is 2. The van der Waals surface area contributed by atoms with E-state index in [4.69, 9.17) is 10.3 Å². The summed E-state index contributed by atoms with van der Waals surface area (Å²) in [5.74, 6) is 6.94. The lowest BCUT2D eigenvalue weighted by molar-refractivity contribution is -0.113. The smallest absolute Gasteiger partial charge is 0.234 e. The van der Waals surface area contributed by atoms with Crippen LogP contribution in [0.3, 0.4) is 0 Å². The molecule has 4 aromatic rings. The molecule has 2 heterocycles. The first kappa shape index (κ1) is 16.2. The number of nitrogens with two attached hydrogens (primary N) is 1. The lowest BCUT2D eigenvalue weighted by Gasteiger charge is -2.08. The molecule has 130 valence electrons. The van der Waals surface area contributed by atoms with Gasteiger partial charge in [0.1, 0.15) is 0 Å². The third-order valence-electron chi connectivity index (χ3n) is 3.80. The van der Waals surface area contributed by atoms with Crippen LogP contribution in [-0.2, 0) is 4.79 Å². The van der Waals surface area contributed by atoms with E-state index in [0.717, 1.165) is 16.5 Å². The predicted octanol–water partition coefficient (Wildman–Crippen LogP) is 3.14. The average Bonchev–Trinajstić information content (AvgIpc) is 3.30. The fourth-order valence-corrected chi connectivity index (χ4v) is 3.26. The number of thioether (sulfide) groups is 1. The number of nitrogens with zero attached hydrogens (tertiary/aromatic N) is 3. The Bertz CT molecular complexity index is 1050. The van der Waals surface area contributed by atoms with Crippen molar-refractivity contribution < 1.29 is 9.21 Å². The van der Waals surface area contributed by atoms with E-state index < -0.39 is 0 Å². The second-order valence-corrected chi connectivity index (χ2v) is 6.46. The second-order valence-electron chi connectivity index (χ2n) is 5.52. The van der Waals surface area contributed by atoms with E-state index in [1.54, 1.807) is 12.1 Å². The number of nitrogens with one attached hydrogen (secondary N) is 1. The van der Waals surface area contributed by atoms with Crippen LogP contribution >= 0.6 is 11.8 Å². The molecule has 4 rings (SSSR count). The summed E-state index contributed by atoms with van der Waals surface area (Å²) in [5.41, 5.74) is 0.777. The van der Waals surface area contributed by atoms with Gasteiger partial charge in [-0.25, -0.2) is 4.68 Å². The van der Waals surface area contributed by atoms with Crippen molar-refractivity contribution in [2.24, 2.45) is 0 Å². The van der Waals surface area contributed by atoms with Crippen molar-refractivity contribution in [2.45, 2.75) is 5.16 Å². The third-order valence-corrected chi connectivity index (χ3v) is 4.75. The van der Waals surface area contributed by atoms with Gasteiger partial charge in [0, 0.05) is 11.1 Å². The van der Waals surface area contributed by atoms with Gasteiger partial charge in [-0.05, 0) is 23.6 Å². The summed E-state index contributed by atoms with van der Waals surface area (Å²) in [6.45, 7) is 0. The molecule has 1 amide bonds. The van der Waals surface area contributed by atoms with Crippen molar-refractivity contribution in [1.29, 1.82) is 0 Å². The quantitative estimate of drug-likeness (QED) is 0.416. The molecule has 8 heteroatoms. The number of nitrogen functional groups attached to an aromatic ring is 1. The maximum atomic E-state index is 12.3. The van der Waals surface area contributed by atoms with Gasteiger partial charge in [-0.2, -0.15) is 0 Å². The molecule has 0 bridgehead atoms. The van der Waals surface area contributed by atoms with Crippen LogP contribution in [0, 0.1) is 0 Å². The molecule has 0 unspecified atom stereocenters. The third kappa shape index (κ3) is 3.14. The second kappa shape index (κ2) is 6.93. The zero-order chi connectivity index (χ0) is 17.9. The Labute approximate surface area is 153 Å². The summed E-state index contributed by atoms with van der Waals surface area (Å²) in [6, 6.07) is 17.2. The summed E-state index contributed by atoms with van der Waals surface area (Å²) in [7, 11) is 0. The molecule has 0 saturated heterocycles. The maximum Gasteiger partial charge on any atom is 0.234 e. The first-order valence-corrected chi connectivity index (χ1v) is 8.86. The van der Waals surface area contributed by atoms with Crippen molar-refractivity contribution in [2.75, 3.05) is 16.9 Å². The zero-order valence-electron chi connectivity index (χ0n) is 13.6. The Morgan fingerprint density at radius 1 is 1.12 bits per heavy atom. The molecule has 0 radical (unpaired) electrons. The number of carbonyl (C=O) groups is 1. The van der Waals surface area contributed by atoms with E-state index in [1.807, 2.05) is 42.5 Å². The van der Waals surface area contributed by atoms with Crippen molar-refractivity contribution in [3.63, 3.8) is 0 Å². The summed E-state index contributed by atoms with van der Waals surface area (Å²) in [5, 5.41) is 13.4. The molecule has 0 aliphatic rings. The Kier molecular flexibility index (Phi) is 4.32. The summed E-state index contributed by atoms with van der Waals surface area (Å²) in [4.78, 5) is 12.3. The summed E-state index contributed by atoms with van der Waals surface area (Å²) >= 11 is 1.21. The fraction of sp³-hybridized carbons (Fsp3) is 0.0556. The Morgan fingerprint density at radius 3 is 2.81 bits per heavy atom. The minimum atomic E-state index is -0.145. The highest BCUT2D eigenvalue weighted by Gasteiger charge is 2.15. The molecule has 2 aromatic carbocycles. The number of aromatic nitrogens is 3. The summed E-state index contributed by atoms with van der Waals surface area (Å²) in [6.07, 6.45) is 1.54. The molecule has 0 saturated carbocycles. The molecular formula is C18H15N5O2S. The van der Waals surface area contributed by atoms with Crippen LogP contribution in [0.5, 0.6) is 0 Å². The molecule has 0 atom stereocenters. The number of fused-ring (bicyclic) bond motifs is 1. The fourth-order valence-electron chi connectivity index (χ4n) is 2.60. The Morgan fingerprint density at radius 2 is 1.96 bits per heavy atom. The van der Waals surface area contributed by atoms with Gasteiger partial charge in [0.25, 0.3) is 0 Å². The van der Waals surface area contributed by atoms with Crippen LogP contribution in [0.1, 0.15) is 0 Å². The van der Waals surface area contributed by atoms with E-state index >= 15 is 0 Å². The highest BCUT2D eigenvalue weighted by Crippen LogP contribution is 2.24. The topological polar surface area (TPSA) is 99.0 Å². The van der Waals surface area contributed by atoms with Crippen molar-refractivity contribution in [1.82, 2.24) is 14.9 Å². The minimum Gasteiger partial charge on any atom is -0.461 e. The molecule has 0 aliphatic heterocycles. The molecule has 0 aliphatic carbocycles. The summed E-state index contributed by atoms with van der Waals surface area (Å²) < 4.78 is 6.58. The molecular weight excluding hydrogens is 350 g/mol. The number of anilines is 1. The number of hydrogen-bond donors (Lipinski definition) is 2. The zero-order valence-corrected chi connectivity index (χ0v) is 14.4. The molecule has 0 spiro atoms. The van der Waals surface area contributed by atoms with Gasteiger partial charge < -0.3 is 15.6 Å². The molecule has 2 aromatic heterocycles. The molecule has 0 fully saturated rings. The van der Waals surface area contributed by atoms with Crippen LogP contribution in [0.2, 0.25) is 0 Å². The van der Waals surface area contributed by atoms with E-state index in [0.29, 0.717) is 16.7 Å². The first-order valence-electron chi connectivity index (χ1n) is 7.87. The largest absolute Gasteiger partial charge is 0.461 e. The Hall–Kier alpha value is -3.26. The van der Waals surface area contributed by atoms with Crippen LogP contribution < -0.4 is 11.2 Å². The normalized spacial score (nSPS) is 10.9. The van der Waals surface area contributed by atoms with E-state index in [-0.39, 0.29) is 11.7 Å². The number of rotatable bonds is 5. The maximum absolute atomic E-state index is 12.3. The first-order chi connectivity index (χ1) is 12.7. The van der Waals surface area contributed by atoms with Gasteiger partial charge >= 0.3 is 0 Å². The SMILES string of the molecule is Nn1c(SCC(=O)Nc2cccc3ccccc23)nnc1-c1ccco1. The highest BCUT2D eigenvalue weighted by molar-refractivity contribution is 7.99. The monoisotopic (exact) mass is 365 g/mol. The Balaban J connectivity index is 1.45. The predicted molar refractivity (Wildman–Crippen MR) is 101 cm³/mol. The van der Waals surface area contributed by atoms with Crippen molar-refractivity contribution >= 4 is 34.1 Å². The number of carbonyl (C=O) groups excluding carboxylic acids is 1. The van der Waals surface area contributed by atoms with Gasteiger partial charge in [0.2, 0.25) is 16.9 Å². The number of hydrogen-bond acceptors (Lipinski definition) is 6. The van der Waals surface area contributed by atoms with Crippen LogP contribution in [-0.4, -0.2) is 26.5 Å². The molecule has 7 nitrogen and oxygen atoms in total. The van der Waals surface area contributed by atoms with Crippen LogP contribution in [0.15, 0.2) is 70.4 Å². The average molecular weight is 365 g/mol. The van der Waals surface area contributed by atoms with Gasteiger partial charge in [-0.3, -0.25) is 4.79 Å². The lowest BCUT2D eigenvalue weighted by Crippen LogP contribution is -2.16. The van der Waals surface area contributed by atoms with Gasteiger partial charge in [-0.1, -0.05) is 48.2 Å². The van der Waals surface area contributed by atoms with Gasteiger partial charge in [-0.15, -0.1) is 10.2 Å².